The Morgan fingerprint density at radius 3 is 2.71 bits per heavy atom. The van der Waals surface area contributed by atoms with E-state index < -0.39 is 35.9 Å². The summed E-state index contributed by atoms with van der Waals surface area (Å²) >= 11 is 0. The van der Waals surface area contributed by atoms with E-state index in [2.05, 4.69) is 10.6 Å². The van der Waals surface area contributed by atoms with Crippen molar-refractivity contribution >= 4 is 23.8 Å². The molecule has 0 bridgehead atoms. The highest BCUT2D eigenvalue weighted by molar-refractivity contribution is 6.05. The number of hydrogen-bond donors (Lipinski definition) is 3. The molecular weight excluding hydrogens is 314 g/mol. The number of carboxylic acid groups (broad SMARTS) is 1. The van der Waals surface area contributed by atoms with Gasteiger partial charge in [-0.15, -0.1) is 0 Å². The van der Waals surface area contributed by atoms with Crippen molar-refractivity contribution in [1.82, 2.24) is 15.5 Å². The molecule has 1 aromatic carbocycles. The average Bonchev–Trinajstić information content (AvgIpc) is 2.87. The molecule has 3 rings (SSSR count). The SMILES string of the molecule is O=C(CN1C(=O)CNC1=O)N[C@]1(C(=O)O)CCCc2ccccc21. The maximum absolute atomic E-state index is 12.3. The van der Waals surface area contributed by atoms with Crippen LogP contribution in [0.5, 0.6) is 0 Å². The number of nitrogens with zero attached hydrogens (tertiary/aromatic N) is 1. The minimum Gasteiger partial charge on any atom is -0.479 e. The zero-order valence-electron chi connectivity index (χ0n) is 12.9. The van der Waals surface area contributed by atoms with Crippen LogP contribution < -0.4 is 10.6 Å². The quantitative estimate of drug-likeness (QED) is 0.670. The molecule has 0 radical (unpaired) electrons. The molecule has 4 amide bonds. The van der Waals surface area contributed by atoms with E-state index in [1.165, 1.54) is 0 Å². The van der Waals surface area contributed by atoms with Crippen LogP contribution in [0.25, 0.3) is 0 Å². The van der Waals surface area contributed by atoms with Gasteiger partial charge in [0.25, 0.3) is 5.91 Å². The van der Waals surface area contributed by atoms with Crippen molar-refractivity contribution in [3.63, 3.8) is 0 Å². The number of aliphatic carboxylic acids is 1. The molecule has 126 valence electrons. The standard InChI is InChI=1S/C16H17N3O5/c20-12(9-19-13(21)8-17-15(19)24)18-16(14(22)23)7-3-5-10-4-1-2-6-11(10)16/h1-2,4,6H,3,5,7-9H2,(H,17,24)(H,18,20)(H,22,23)/t16-/m1/s1. The number of imide groups is 1. The highest BCUT2D eigenvalue weighted by Gasteiger charge is 2.45. The molecule has 0 saturated carbocycles. The van der Waals surface area contributed by atoms with Crippen LogP contribution in [0.2, 0.25) is 0 Å². The van der Waals surface area contributed by atoms with E-state index in [-0.39, 0.29) is 13.0 Å². The summed E-state index contributed by atoms with van der Waals surface area (Å²) in [4.78, 5) is 48.2. The minimum atomic E-state index is -1.54. The van der Waals surface area contributed by atoms with Gasteiger partial charge in [0.1, 0.15) is 6.54 Å². The third kappa shape index (κ3) is 2.60. The minimum absolute atomic E-state index is 0.154. The number of hydrogen-bond acceptors (Lipinski definition) is 4. The van der Waals surface area contributed by atoms with E-state index in [9.17, 15) is 24.3 Å². The second-order valence-electron chi connectivity index (χ2n) is 5.91. The van der Waals surface area contributed by atoms with Crippen molar-refractivity contribution in [2.75, 3.05) is 13.1 Å². The van der Waals surface area contributed by atoms with Crippen LogP contribution in [-0.4, -0.2) is 46.9 Å². The van der Waals surface area contributed by atoms with E-state index in [1.54, 1.807) is 12.1 Å². The number of benzene rings is 1. The highest BCUT2D eigenvalue weighted by Crippen LogP contribution is 2.35. The Morgan fingerprint density at radius 1 is 1.29 bits per heavy atom. The summed E-state index contributed by atoms with van der Waals surface area (Å²) in [6, 6.07) is 6.44. The summed E-state index contributed by atoms with van der Waals surface area (Å²) in [5, 5.41) is 14.6. The van der Waals surface area contributed by atoms with Crippen LogP contribution in [0.3, 0.4) is 0 Å². The fourth-order valence-electron chi connectivity index (χ4n) is 3.28. The zero-order chi connectivity index (χ0) is 17.3. The Hall–Kier alpha value is -2.90. The third-order valence-electron chi connectivity index (χ3n) is 4.43. The Kier molecular flexibility index (Phi) is 3.96. The molecule has 1 aliphatic heterocycles. The maximum Gasteiger partial charge on any atom is 0.334 e. The van der Waals surface area contributed by atoms with Crippen molar-refractivity contribution in [2.24, 2.45) is 0 Å². The van der Waals surface area contributed by atoms with Crippen molar-refractivity contribution in [3.8, 4) is 0 Å². The third-order valence-corrected chi connectivity index (χ3v) is 4.43. The lowest BCUT2D eigenvalue weighted by molar-refractivity contribution is -0.149. The fraction of sp³-hybridized carbons (Fsp3) is 0.375. The highest BCUT2D eigenvalue weighted by atomic mass is 16.4. The Morgan fingerprint density at radius 2 is 2.04 bits per heavy atom. The van der Waals surface area contributed by atoms with Gasteiger partial charge in [0.2, 0.25) is 5.91 Å². The molecule has 3 N–H and O–H groups in total. The van der Waals surface area contributed by atoms with Gasteiger partial charge in [-0.05, 0) is 30.4 Å². The smallest absolute Gasteiger partial charge is 0.334 e. The van der Waals surface area contributed by atoms with Crippen molar-refractivity contribution in [1.29, 1.82) is 0 Å². The van der Waals surface area contributed by atoms with Crippen LogP contribution in [-0.2, 0) is 26.3 Å². The first kappa shape index (κ1) is 16.0. The summed E-state index contributed by atoms with van der Waals surface area (Å²) in [5.41, 5.74) is -0.110. The molecule has 24 heavy (non-hydrogen) atoms. The maximum atomic E-state index is 12.3. The van der Waals surface area contributed by atoms with Gasteiger partial charge < -0.3 is 15.7 Å². The molecule has 1 aliphatic carbocycles. The van der Waals surface area contributed by atoms with Gasteiger partial charge >= 0.3 is 12.0 Å². The number of carboxylic acids is 1. The van der Waals surface area contributed by atoms with Gasteiger partial charge in [0.05, 0.1) is 6.54 Å². The number of carbonyl (C=O) groups excluding carboxylic acids is 3. The van der Waals surface area contributed by atoms with Gasteiger partial charge in [0, 0.05) is 0 Å². The molecule has 1 atom stereocenters. The summed E-state index contributed by atoms with van der Waals surface area (Å²) in [5.74, 6) is -2.34. The molecule has 8 nitrogen and oxygen atoms in total. The van der Waals surface area contributed by atoms with Crippen molar-refractivity contribution < 1.29 is 24.3 Å². The molecule has 1 saturated heterocycles. The molecule has 0 spiro atoms. The molecule has 1 aromatic rings. The predicted molar refractivity (Wildman–Crippen MR) is 81.9 cm³/mol. The Balaban J connectivity index is 1.85. The van der Waals surface area contributed by atoms with Gasteiger partial charge in [-0.25, -0.2) is 9.59 Å². The normalized spacial score (nSPS) is 22.8. The average molecular weight is 331 g/mol. The predicted octanol–water partition coefficient (Wildman–Crippen LogP) is -0.0292. The van der Waals surface area contributed by atoms with Gasteiger partial charge in [-0.3, -0.25) is 14.5 Å². The monoisotopic (exact) mass is 331 g/mol. The molecular formula is C16H17N3O5. The topological polar surface area (TPSA) is 116 Å². The number of carbonyl (C=O) groups is 4. The van der Waals surface area contributed by atoms with Crippen molar-refractivity contribution in [3.05, 3.63) is 35.4 Å². The van der Waals surface area contributed by atoms with Crippen LogP contribution in [0.1, 0.15) is 24.0 Å². The van der Waals surface area contributed by atoms with Crippen molar-refractivity contribution in [2.45, 2.75) is 24.8 Å². The number of aryl methyl sites for hydroxylation is 1. The number of fused-ring (bicyclic) bond motifs is 1. The second-order valence-corrected chi connectivity index (χ2v) is 5.91. The molecule has 0 aromatic heterocycles. The van der Waals surface area contributed by atoms with E-state index in [4.69, 9.17) is 0 Å². The van der Waals surface area contributed by atoms with Crippen LogP contribution in [0, 0.1) is 0 Å². The first-order chi connectivity index (χ1) is 11.4. The first-order valence-electron chi connectivity index (χ1n) is 7.65. The van der Waals surface area contributed by atoms with Crippen LogP contribution in [0.15, 0.2) is 24.3 Å². The lowest BCUT2D eigenvalue weighted by Gasteiger charge is -2.36. The molecule has 1 fully saturated rings. The summed E-state index contributed by atoms with van der Waals surface area (Å²) in [6.45, 7) is -0.652. The molecule has 2 aliphatic rings. The largest absolute Gasteiger partial charge is 0.479 e. The van der Waals surface area contributed by atoms with E-state index in [1.807, 2.05) is 12.1 Å². The van der Waals surface area contributed by atoms with Gasteiger partial charge in [-0.2, -0.15) is 0 Å². The molecule has 8 heteroatoms. The van der Waals surface area contributed by atoms with Crippen LogP contribution >= 0.6 is 0 Å². The summed E-state index contributed by atoms with van der Waals surface area (Å²) in [7, 11) is 0. The second kappa shape index (κ2) is 5.95. The van der Waals surface area contributed by atoms with Gasteiger partial charge in [0.15, 0.2) is 5.54 Å². The Bertz CT molecular complexity index is 716. The number of urea groups is 1. The first-order valence-corrected chi connectivity index (χ1v) is 7.65. The lowest BCUT2D eigenvalue weighted by Crippen LogP contribution is -2.56. The fourth-order valence-corrected chi connectivity index (χ4v) is 3.28. The van der Waals surface area contributed by atoms with Gasteiger partial charge in [-0.1, -0.05) is 24.3 Å². The lowest BCUT2D eigenvalue weighted by atomic mass is 9.76. The number of rotatable bonds is 4. The summed E-state index contributed by atoms with van der Waals surface area (Å²) < 4.78 is 0. The summed E-state index contributed by atoms with van der Waals surface area (Å²) in [6.07, 6.45) is 1.62. The zero-order valence-corrected chi connectivity index (χ0v) is 12.9. The van der Waals surface area contributed by atoms with E-state index in [0.29, 0.717) is 12.0 Å². The van der Waals surface area contributed by atoms with Crippen LogP contribution in [0.4, 0.5) is 4.79 Å². The van der Waals surface area contributed by atoms with E-state index in [0.717, 1.165) is 16.9 Å². The molecule has 0 unspecified atom stereocenters. The Labute approximate surface area is 137 Å². The van der Waals surface area contributed by atoms with E-state index >= 15 is 0 Å². The number of amides is 4. The number of nitrogens with one attached hydrogen (secondary N) is 2. The molecule has 1 heterocycles.